The Hall–Kier alpha value is -3.77. The third kappa shape index (κ3) is 5.02. The fraction of sp³-hybridized carbons (Fsp3) is 0.222. The van der Waals surface area contributed by atoms with Crippen LogP contribution >= 0.6 is 0 Å². The number of benzene rings is 3. The Kier molecular flexibility index (Phi) is 6.26. The Morgan fingerprint density at radius 1 is 0.758 bits per heavy atom. The lowest BCUT2D eigenvalue weighted by molar-refractivity contribution is 0.0636. The predicted molar refractivity (Wildman–Crippen MR) is 128 cm³/mol. The number of aromatic nitrogens is 2. The molecule has 0 aliphatic carbocycles. The molecule has 1 aliphatic heterocycles. The van der Waals surface area contributed by atoms with E-state index in [1.54, 1.807) is 0 Å². The van der Waals surface area contributed by atoms with Crippen LogP contribution in [0, 0.1) is 0 Å². The number of amides is 1. The number of carbonyl (C=O) groups excluding carboxylic acids is 1. The van der Waals surface area contributed by atoms with Crippen LogP contribution in [0.4, 0.5) is 0 Å². The van der Waals surface area contributed by atoms with Gasteiger partial charge >= 0.3 is 0 Å². The van der Waals surface area contributed by atoms with E-state index in [2.05, 4.69) is 27.2 Å². The standard InChI is InChI=1S/C27H26N4O2/c32-27(24-13-7-12-23(20-24)21-8-3-1-4-9-21)31-18-16-30(17-19-31)15-14-25-28-29-26(33-25)22-10-5-2-6-11-22/h1-13,20H,14-19H2. The normalized spacial score (nSPS) is 14.4. The lowest BCUT2D eigenvalue weighted by atomic mass is 10.0. The van der Waals surface area contributed by atoms with Gasteiger partial charge < -0.3 is 9.32 Å². The monoisotopic (exact) mass is 438 g/mol. The van der Waals surface area contributed by atoms with E-state index in [-0.39, 0.29) is 5.91 Å². The highest BCUT2D eigenvalue weighted by Crippen LogP contribution is 2.21. The highest BCUT2D eigenvalue weighted by atomic mass is 16.4. The molecular weight excluding hydrogens is 412 g/mol. The van der Waals surface area contributed by atoms with Crippen molar-refractivity contribution in [3.8, 4) is 22.6 Å². The molecule has 1 saturated heterocycles. The molecule has 33 heavy (non-hydrogen) atoms. The Morgan fingerprint density at radius 2 is 1.42 bits per heavy atom. The molecule has 1 aliphatic rings. The van der Waals surface area contributed by atoms with Gasteiger partial charge in [-0.15, -0.1) is 10.2 Å². The molecule has 0 unspecified atom stereocenters. The first-order valence-corrected chi connectivity index (χ1v) is 11.3. The second-order valence-corrected chi connectivity index (χ2v) is 8.20. The zero-order chi connectivity index (χ0) is 22.5. The number of hydrogen-bond donors (Lipinski definition) is 0. The number of nitrogens with zero attached hydrogens (tertiary/aromatic N) is 4. The van der Waals surface area contributed by atoms with E-state index in [0.29, 0.717) is 31.3 Å². The van der Waals surface area contributed by atoms with Gasteiger partial charge in [-0.3, -0.25) is 9.69 Å². The summed E-state index contributed by atoms with van der Waals surface area (Å²) in [5.41, 5.74) is 3.85. The quantitative estimate of drug-likeness (QED) is 0.446. The van der Waals surface area contributed by atoms with Gasteiger partial charge in [0.05, 0.1) is 0 Å². The summed E-state index contributed by atoms with van der Waals surface area (Å²) in [5, 5.41) is 8.35. The Labute approximate surface area is 193 Å². The van der Waals surface area contributed by atoms with Crippen LogP contribution < -0.4 is 0 Å². The van der Waals surface area contributed by atoms with Crippen molar-refractivity contribution in [2.75, 3.05) is 32.7 Å². The van der Waals surface area contributed by atoms with E-state index in [9.17, 15) is 4.79 Å². The fourth-order valence-corrected chi connectivity index (χ4v) is 4.13. The van der Waals surface area contributed by atoms with Crippen molar-refractivity contribution in [3.05, 3.63) is 96.4 Å². The van der Waals surface area contributed by atoms with Gasteiger partial charge in [-0.25, -0.2) is 0 Å². The number of hydrogen-bond acceptors (Lipinski definition) is 5. The van der Waals surface area contributed by atoms with E-state index in [0.717, 1.165) is 41.9 Å². The minimum Gasteiger partial charge on any atom is -0.421 e. The van der Waals surface area contributed by atoms with E-state index < -0.39 is 0 Å². The van der Waals surface area contributed by atoms with Gasteiger partial charge in [0.1, 0.15) is 0 Å². The predicted octanol–water partition coefficient (Wildman–Crippen LogP) is 4.40. The van der Waals surface area contributed by atoms with Crippen molar-refractivity contribution < 1.29 is 9.21 Å². The molecule has 6 heteroatoms. The number of rotatable bonds is 6. The van der Waals surface area contributed by atoms with Crippen LogP contribution in [-0.2, 0) is 6.42 Å². The summed E-state index contributed by atoms with van der Waals surface area (Å²) in [6.07, 6.45) is 0.701. The zero-order valence-corrected chi connectivity index (χ0v) is 18.4. The van der Waals surface area contributed by atoms with Gasteiger partial charge in [0.25, 0.3) is 5.91 Å². The molecule has 1 aromatic heterocycles. The molecule has 0 bridgehead atoms. The average Bonchev–Trinajstić information content (AvgIpc) is 3.38. The highest BCUT2D eigenvalue weighted by Gasteiger charge is 2.22. The highest BCUT2D eigenvalue weighted by molar-refractivity contribution is 5.95. The van der Waals surface area contributed by atoms with Gasteiger partial charge in [-0.2, -0.15) is 0 Å². The largest absolute Gasteiger partial charge is 0.421 e. The van der Waals surface area contributed by atoms with Crippen LogP contribution in [0.1, 0.15) is 16.2 Å². The van der Waals surface area contributed by atoms with Crippen LogP contribution in [0.25, 0.3) is 22.6 Å². The maximum absolute atomic E-state index is 13.1. The fourth-order valence-electron chi connectivity index (χ4n) is 4.13. The molecule has 166 valence electrons. The van der Waals surface area contributed by atoms with Crippen LogP contribution in [-0.4, -0.2) is 58.6 Å². The van der Waals surface area contributed by atoms with Crippen LogP contribution in [0.15, 0.2) is 89.3 Å². The average molecular weight is 439 g/mol. The molecular formula is C27H26N4O2. The molecule has 1 amide bonds. The summed E-state index contributed by atoms with van der Waals surface area (Å²) < 4.78 is 5.81. The number of carbonyl (C=O) groups is 1. The summed E-state index contributed by atoms with van der Waals surface area (Å²) in [6, 6.07) is 27.9. The summed E-state index contributed by atoms with van der Waals surface area (Å²) in [4.78, 5) is 17.4. The first kappa shape index (κ1) is 21.1. The third-order valence-corrected chi connectivity index (χ3v) is 6.01. The lowest BCUT2D eigenvalue weighted by Gasteiger charge is -2.34. The summed E-state index contributed by atoms with van der Waals surface area (Å²) in [7, 11) is 0. The maximum Gasteiger partial charge on any atom is 0.253 e. The van der Waals surface area contributed by atoms with Gasteiger partial charge in [-0.1, -0.05) is 60.7 Å². The second-order valence-electron chi connectivity index (χ2n) is 8.20. The molecule has 0 spiro atoms. The number of piperazine rings is 1. The molecule has 1 fully saturated rings. The van der Waals surface area contributed by atoms with Crippen LogP contribution in [0.3, 0.4) is 0 Å². The van der Waals surface area contributed by atoms with Gasteiger partial charge in [0.15, 0.2) is 0 Å². The lowest BCUT2D eigenvalue weighted by Crippen LogP contribution is -2.49. The van der Waals surface area contributed by atoms with Gasteiger partial charge in [0, 0.05) is 50.3 Å². The minimum atomic E-state index is 0.0943. The van der Waals surface area contributed by atoms with Gasteiger partial charge in [0.2, 0.25) is 11.8 Å². The SMILES string of the molecule is O=C(c1cccc(-c2ccccc2)c1)N1CCN(CCc2nnc(-c3ccccc3)o2)CC1. The Balaban J connectivity index is 1.14. The smallest absolute Gasteiger partial charge is 0.253 e. The third-order valence-electron chi connectivity index (χ3n) is 6.01. The Bertz CT molecular complexity index is 1200. The summed E-state index contributed by atoms with van der Waals surface area (Å²) in [6.45, 7) is 3.94. The first-order valence-electron chi connectivity index (χ1n) is 11.3. The zero-order valence-electron chi connectivity index (χ0n) is 18.4. The summed E-state index contributed by atoms with van der Waals surface area (Å²) in [5.74, 6) is 1.29. The molecule has 3 aromatic carbocycles. The molecule has 4 aromatic rings. The first-order chi connectivity index (χ1) is 16.3. The van der Waals surface area contributed by atoms with E-state index in [4.69, 9.17) is 4.42 Å². The molecule has 2 heterocycles. The topological polar surface area (TPSA) is 62.5 Å². The second kappa shape index (κ2) is 9.79. The molecule has 6 nitrogen and oxygen atoms in total. The van der Waals surface area contributed by atoms with E-state index >= 15 is 0 Å². The van der Waals surface area contributed by atoms with Crippen molar-refractivity contribution in [1.82, 2.24) is 20.0 Å². The summed E-state index contributed by atoms with van der Waals surface area (Å²) >= 11 is 0. The van der Waals surface area contributed by atoms with Crippen molar-refractivity contribution in [3.63, 3.8) is 0 Å². The van der Waals surface area contributed by atoms with Gasteiger partial charge in [-0.05, 0) is 35.4 Å². The minimum absolute atomic E-state index is 0.0943. The van der Waals surface area contributed by atoms with Crippen molar-refractivity contribution in [2.45, 2.75) is 6.42 Å². The maximum atomic E-state index is 13.1. The van der Waals surface area contributed by atoms with E-state index in [1.165, 1.54) is 0 Å². The van der Waals surface area contributed by atoms with Crippen molar-refractivity contribution >= 4 is 5.91 Å². The molecule has 0 atom stereocenters. The molecule has 0 radical (unpaired) electrons. The van der Waals surface area contributed by atoms with Crippen molar-refractivity contribution in [1.29, 1.82) is 0 Å². The van der Waals surface area contributed by atoms with Crippen LogP contribution in [0.2, 0.25) is 0 Å². The molecule has 0 N–H and O–H groups in total. The van der Waals surface area contributed by atoms with Crippen LogP contribution in [0.5, 0.6) is 0 Å². The Morgan fingerprint density at radius 3 is 2.15 bits per heavy atom. The van der Waals surface area contributed by atoms with E-state index in [1.807, 2.05) is 77.7 Å². The molecule has 5 rings (SSSR count). The van der Waals surface area contributed by atoms with Crippen molar-refractivity contribution in [2.24, 2.45) is 0 Å². The molecule has 0 saturated carbocycles.